The van der Waals surface area contributed by atoms with Crippen LogP contribution in [0.4, 0.5) is 0 Å². The molecule has 3 unspecified atom stereocenters. The Morgan fingerprint density at radius 1 is 0.364 bits per heavy atom. The van der Waals surface area contributed by atoms with Crippen LogP contribution in [0.1, 0.15) is 290 Å². The van der Waals surface area contributed by atoms with Crippen molar-refractivity contribution in [2.24, 2.45) is 0 Å². The van der Waals surface area contributed by atoms with Gasteiger partial charge < -0.3 is 20.6 Å². The van der Waals surface area contributed by atoms with Crippen molar-refractivity contribution in [1.82, 2.24) is 5.32 Å². The van der Waals surface area contributed by atoms with E-state index >= 15 is 0 Å². The van der Waals surface area contributed by atoms with Crippen LogP contribution >= 0.6 is 0 Å². The SMILES string of the molecule is CCCCCCCCCCCCCCCCCCCCCCCCCCCCCCCCCCC(O)C(=O)NC(CO)C(O)CCCCCCCCCCC. The maximum atomic E-state index is 12.5. The molecule has 4 N–H and O–H groups in total. The summed E-state index contributed by atoms with van der Waals surface area (Å²) in [7, 11) is 0. The van der Waals surface area contributed by atoms with E-state index in [9.17, 15) is 20.1 Å². The molecule has 0 fully saturated rings. The Balaban J connectivity index is 3.39. The van der Waals surface area contributed by atoms with Crippen LogP contribution in [-0.4, -0.2) is 46.1 Å². The fourth-order valence-corrected chi connectivity index (χ4v) is 8.25. The highest BCUT2D eigenvalue weighted by Crippen LogP contribution is 2.18. The quantitative estimate of drug-likeness (QED) is 0.0463. The molecule has 0 aliphatic heterocycles. The fraction of sp³-hybridized carbons (Fsp3) is 0.980. The topological polar surface area (TPSA) is 89.8 Å². The normalized spacial score (nSPS) is 13.3. The van der Waals surface area contributed by atoms with Crippen LogP contribution in [-0.2, 0) is 4.79 Å². The van der Waals surface area contributed by atoms with Crippen molar-refractivity contribution < 1.29 is 20.1 Å². The lowest BCUT2D eigenvalue weighted by molar-refractivity contribution is -0.131. The van der Waals surface area contributed by atoms with Gasteiger partial charge in [-0.1, -0.05) is 277 Å². The highest BCUT2D eigenvalue weighted by Gasteiger charge is 2.23. The molecule has 0 saturated carbocycles. The molecule has 0 bridgehead atoms. The van der Waals surface area contributed by atoms with Crippen molar-refractivity contribution >= 4 is 5.91 Å². The lowest BCUT2D eigenvalue weighted by Gasteiger charge is -2.23. The summed E-state index contributed by atoms with van der Waals surface area (Å²) in [6.45, 7) is 4.23. The van der Waals surface area contributed by atoms with Gasteiger partial charge in [0.1, 0.15) is 6.10 Å². The summed E-state index contributed by atoms with van der Waals surface area (Å²) in [5.41, 5.74) is 0. The van der Waals surface area contributed by atoms with Gasteiger partial charge in [0.25, 0.3) is 0 Å². The molecule has 5 nitrogen and oxygen atoms in total. The maximum absolute atomic E-state index is 12.5. The van der Waals surface area contributed by atoms with Gasteiger partial charge in [-0.2, -0.15) is 0 Å². The van der Waals surface area contributed by atoms with Gasteiger partial charge in [-0.05, 0) is 12.8 Å². The van der Waals surface area contributed by atoms with Crippen LogP contribution in [0, 0.1) is 0 Å². The van der Waals surface area contributed by atoms with Crippen molar-refractivity contribution in [1.29, 1.82) is 0 Å². The van der Waals surface area contributed by atoms with Crippen LogP contribution < -0.4 is 5.32 Å². The van der Waals surface area contributed by atoms with E-state index in [1.54, 1.807) is 0 Å². The van der Waals surface area contributed by atoms with E-state index in [2.05, 4.69) is 19.2 Å². The first-order valence-electron chi connectivity index (χ1n) is 25.3. The van der Waals surface area contributed by atoms with Crippen LogP contribution in [0.5, 0.6) is 0 Å². The molecule has 0 heterocycles. The third-order valence-electron chi connectivity index (χ3n) is 12.2. The average Bonchev–Trinajstić information content (AvgIpc) is 3.19. The zero-order valence-electron chi connectivity index (χ0n) is 37.6. The summed E-state index contributed by atoms with van der Waals surface area (Å²) in [6.07, 6.45) is 54.4. The molecule has 0 aromatic carbocycles. The number of nitrogens with one attached hydrogen (secondary N) is 1. The maximum Gasteiger partial charge on any atom is 0.249 e. The molecule has 0 aliphatic carbocycles. The molecule has 0 aromatic rings. The van der Waals surface area contributed by atoms with Crippen molar-refractivity contribution in [3.05, 3.63) is 0 Å². The number of aliphatic hydroxyl groups is 3. The molecule has 0 saturated heterocycles. The Bertz CT molecular complexity index is 733. The van der Waals surface area contributed by atoms with E-state index in [1.165, 1.54) is 231 Å². The van der Waals surface area contributed by atoms with Gasteiger partial charge in [0.15, 0.2) is 0 Å². The monoisotopic (exact) mass is 780 g/mol. The van der Waals surface area contributed by atoms with E-state index in [-0.39, 0.29) is 6.61 Å². The molecule has 5 heteroatoms. The number of aliphatic hydroxyl groups excluding tert-OH is 3. The second-order valence-corrected chi connectivity index (χ2v) is 17.7. The molecular weight excluding hydrogens is 679 g/mol. The largest absolute Gasteiger partial charge is 0.394 e. The lowest BCUT2D eigenvalue weighted by atomic mass is 10.0. The number of hydrogen-bond acceptors (Lipinski definition) is 4. The Kier molecular flexibility index (Phi) is 45.5. The standard InChI is InChI=1S/C50H101NO4/c1-3-5-7-9-11-13-14-15-16-17-18-19-20-21-22-23-24-25-26-27-28-29-30-31-32-33-34-35-37-39-41-43-45-49(54)50(55)51-47(46-52)48(53)44-42-40-38-36-12-10-8-6-4-2/h47-49,52-54H,3-46H2,1-2H3,(H,51,55). The van der Waals surface area contributed by atoms with Crippen LogP contribution in [0.3, 0.4) is 0 Å². The minimum atomic E-state index is -1.07. The molecule has 0 spiro atoms. The van der Waals surface area contributed by atoms with Gasteiger partial charge >= 0.3 is 0 Å². The van der Waals surface area contributed by atoms with Crippen molar-refractivity contribution in [3.8, 4) is 0 Å². The van der Waals surface area contributed by atoms with Gasteiger partial charge in [-0.15, -0.1) is 0 Å². The number of hydrogen-bond donors (Lipinski definition) is 4. The summed E-state index contributed by atoms with van der Waals surface area (Å²) in [4.78, 5) is 12.5. The van der Waals surface area contributed by atoms with E-state index in [0.717, 1.165) is 32.1 Å². The Morgan fingerprint density at radius 3 is 0.818 bits per heavy atom. The first-order chi connectivity index (χ1) is 27.1. The smallest absolute Gasteiger partial charge is 0.249 e. The molecule has 3 atom stereocenters. The molecular formula is C50H101NO4. The van der Waals surface area contributed by atoms with E-state index in [0.29, 0.717) is 12.8 Å². The Labute approximate surface area is 345 Å². The van der Waals surface area contributed by atoms with Gasteiger partial charge in [-0.25, -0.2) is 0 Å². The lowest BCUT2D eigenvalue weighted by Crippen LogP contribution is -2.49. The minimum Gasteiger partial charge on any atom is -0.394 e. The predicted octanol–water partition coefficient (Wildman–Crippen LogP) is 15.0. The first kappa shape index (κ1) is 54.3. The minimum absolute atomic E-state index is 0.309. The third kappa shape index (κ3) is 41.3. The predicted molar refractivity (Wildman–Crippen MR) is 241 cm³/mol. The summed E-state index contributed by atoms with van der Waals surface area (Å²) in [5, 5.41) is 33.2. The highest BCUT2D eigenvalue weighted by atomic mass is 16.3. The molecule has 1 amide bonds. The second kappa shape index (κ2) is 46.0. The Hall–Kier alpha value is -0.650. The van der Waals surface area contributed by atoms with Gasteiger partial charge in [0.05, 0.1) is 18.8 Å². The second-order valence-electron chi connectivity index (χ2n) is 17.7. The first-order valence-corrected chi connectivity index (χ1v) is 25.3. The van der Waals surface area contributed by atoms with E-state index in [4.69, 9.17) is 0 Å². The Morgan fingerprint density at radius 2 is 0.582 bits per heavy atom. The van der Waals surface area contributed by atoms with E-state index < -0.39 is 24.2 Å². The average molecular weight is 780 g/mol. The highest BCUT2D eigenvalue weighted by molar-refractivity contribution is 5.80. The van der Waals surface area contributed by atoms with Crippen molar-refractivity contribution in [3.63, 3.8) is 0 Å². The number of carbonyl (C=O) groups is 1. The summed E-state index contributed by atoms with van der Waals surface area (Å²) < 4.78 is 0. The number of unbranched alkanes of at least 4 members (excludes halogenated alkanes) is 39. The van der Waals surface area contributed by atoms with Gasteiger partial charge in [0.2, 0.25) is 5.91 Å². The molecule has 0 aromatic heterocycles. The molecule has 330 valence electrons. The molecule has 0 rings (SSSR count). The summed E-state index contributed by atoms with van der Waals surface area (Å²) in [5.74, 6) is -0.467. The zero-order chi connectivity index (χ0) is 40.1. The zero-order valence-corrected chi connectivity index (χ0v) is 37.6. The molecule has 0 radical (unpaired) electrons. The number of carbonyl (C=O) groups excluding carboxylic acids is 1. The molecule has 0 aliphatic rings. The van der Waals surface area contributed by atoms with Crippen molar-refractivity contribution in [2.75, 3.05) is 6.61 Å². The van der Waals surface area contributed by atoms with Gasteiger partial charge in [0, 0.05) is 0 Å². The van der Waals surface area contributed by atoms with Crippen LogP contribution in [0.2, 0.25) is 0 Å². The van der Waals surface area contributed by atoms with Crippen LogP contribution in [0.25, 0.3) is 0 Å². The summed E-state index contributed by atoms with van der Waals surface area (Å²) >= 11 is 0. The molecule has 55 heavy (non-hydrogen) atoms. The van der Waals surface area contributed by atoms with Crippen LogP contribution in [0.15, 0.2) is 0 Å². The fourth-order valence-electron chi connectivity index (χ4n) is 8.25. The third-order valence-corrected chi connectivity index (χ3v) is 12.2. The van der Waals surface area contributed by atoms with E-state index in [1.807, 2.05) is 0 Å². The van der Waals surface area contributed by atoms with Crippen molar-refractivity contribution in [2.45, 2.75) is 308 Å². The number of amides is 1. The number of rotatable bonds is 47. The van der Waals surface area contributed by atoms with Gasteiger partial charge in [-0.3, -0.25) is 4.79 Å². The summed E-state index contributed by atoms with van der Waals surface area (Å²) in [6, 6.07) is -0.704.